The van der Waals surface area contributed by atoms with E-state index < -0.39 is 11.9 Å². The molecule has 0 spiro atoms. The normalized spacial score (nSPS) is 10.8. The van der Waals surface area contributed by atoms with E-state index in [-0.39, 0.29) is 11.4 Å². The maximum Gasteiger partial charge on any atom is 0.354 e. The van der Waals surface area contributed by atoms with Crippen molar-refractivity contribution in [3.63, 3.8) is 0 Å². The first-order chi connectivity index (χ1) is 9.95. The molecule has 21 heavy (non-hydrogen) atoms. The van der Waals surface area contributed by atoms with Crippen molar-refractivity contribution in [3.05, 3.63) is 58.4 Å². The van der Waals surface area contributed by atoms with Gasteiger partial charge in [0.1, 0.15) is 5.69 Å². The summed E-state index contributed by atoms with van der Waals surface area (Å²) in [6.45, 7) is 1.71. The number of nitrogens with one attached hydrogen (secondary N) is 2. The molecule has 0 fully saturated rings. The van der Waals surface area contributed by atoms with Crippen LogP contribution in [0.5, 0.6) is 0 Å². The van der Waals surface area contributed by atoms with Gasteiger partial charge in [-0.05, 0) is 36.8 Å². The minimum Gasteiger partial charge on any atom is -0.477 e. The summed E-state index contributed by atoms with van der Waals surface area (Å²) in [4.78, 5) is 25.5. The predicted molar refractivity (Wildman–Crippen MR) is 81.6 cm³/mol. The molecule has 0 aliphatic carbocycles. The average molecular weight is 305 g/mol. The number of aromatic amines is 1. The molecule has 1 aromatic heterocycles. The van der Waals surface area contributed by atoms with E-state index in [9.17, 15) is 9.59 Å². The van der Waals surface area contributed by atoms with Gasteiger partial charge in [-0.3, -0.25) is 4.79 Å². The van der Waals surface area contributed by atoms with Gasteiger partial charge >= 0.3 is 5.97 Å². The highest BCUT2D eigenvalue weighted by molar-refractivity contribution is 6.30. The van der Waals surface area contributed by atoms with Crippen molar-refractivity contribution in [2.75, 3.05) is 5.32 Å². The number of amides is 1. The molecule has 2 aromatic rings. The maximum absolute atomic E-state index is 11.8. The van der Waals surface area contributed by atoms with Gasteiger partial charge in [-0.25, -0.2) is 4.79 Å². The van der Waals surface area contributed by atoms with Crippen molar-refractivity contribution in [2.45, 2.75) is 6.92 Å². The third kappa shape index (κ3) is 3.97. The molecule has 6 heteroatoms. The van der Waals surface area contributed by atoms with E-state index in [1.165, 1.54) is 6.08 Å². The average Bonchev–Trinajstić information content (AvgIpc) is 2.79. The quantitative estimate of drug-likeness (QED) is 0.758. The number of halogens is 1. The van der Waals surface area contributed by atoms with Gasteiger partial charge in [-0.1, -0.05) is 23.7 Å². The summed E-state index contributed by atoms with van der Waals surface area (Å²) in [7, 11) is 0. The van der Waals surface area contributed by atoms with Gasteiger partial charge in [0.15, 0.2) is 0 Å². The zero-order valence-electron chi connectivity index (χ0n) is 11.2. The molecule has 1 aromatic carbocycles. The number of aromatic carboxylic acids is 1. The number of carboxylic acids is 1. The molecule has 0 bridgehead atoms. The van der Waals surface area contributed by atoms with Crippen molar-refractivity contribution in [2.24, 2.45) is 0 Å². The highest BCUT2D eigenvalue weighted by Crippen LogP contribution is 2.17. The predicted octanol–water partition coefficient (Wildman–Crippen LogP) is 3.33. The zero-order chi connectivity index (χ0) is 15.4. The number of hydrogen-bond donors (Lipinski definition) is 3. The number of benzene rings is 1. The number of anilines is 1. The van der Waals surface area contributed by atoms with Crippen molar-refractivity contribution in [1.82, 2.24) is 4.98 Å². The van der Waals surface area contributed by atoms with E-state index in [1.807, 2.05) is 0 Å². The third-order valence-corrected chi connectivity index (χ3v) is 2.97. The van der Waals surface area contributed by atoms with Gasteiger partial charge in [0.25, 0.3) is 0 Å². The van der Waals surface area contributed by atoms with E-state index in [2.05, 4.69) is 10.3 Å². The molecule has 1 heterocycles. The topological polar surface area (TPSA) is 82.2 Å². The second-order valence-corrected chi connectivity index (χ2v) is 4.86. The molecule has 2 rings (SSSR count). The Labute approximate surface area is 126 Å². The second kappa shape index (κ2) is 6.28. The van der Waals surface area contributed by atoms with Gasteiger partial charge < -0.3 is 15.4 Å². The highest BCUT2D eigenvalue weighted by atomic mass is 35.5. The Morgan fingerprint density at radius 2 is 1.95 bits per heavy atom. The third-order valence-electron chi connectivity index (χ3n) is 2.72. The molecule has 3 N–H and O–H groups in total. The number of H-pyrrole nitrogens is 1. The minimum atomic E-state index is -1.12. The molecule has 1 amide bonds. The lowest BCUT2D eigenvalue weighted by atomic mass is 10.2. The number of hydrogen-bond acceptors (Lipinski definition) is 2. The molecule has 0 saturated carbocycles. The van der Waals surface area contributed by atoms with E-state index in [0.717, 1.165) is 5.56 Å². The fraction of sp³-hybridized carbons (Fsp3) is 0.0667. The van der Waals surface area contributed by atoms with Gasteiger partial charge in [-0.2, -0.15) is 0 Å². The van der Waals surface area contributed by atoms with Crippen LogP contribution in [0.15, 0.2) is 36.4 Å². The van der Waals surface area contributed by atoms with Crippen LogP contribution in [0.3, 0.4) is 0 Å². The second-order valence-electron chi connectivity index (χ2n) is 4.42. The van der Waals surface area contributed by atoms with Gasteiger partial charge in [0.2, 0.25) is 5.91 Å². The van der Waals surface area contributed by atoms with E-state index in [4.69, 9.17) is 16.7 Å². The standard InChI is InChI=1S/C15H13ClN2O3/c1-9-8-12(14(17-9)15(20)21)18-13(19)7-4-10-2-5-11(16)6-3-10/h2-8,17H,1H3,(H,18,19)(H,20,21)/b7-4+. The summed E-state index contributed by atoms with van der Waals surface area (Å²) in [5.41, 5.74) is 1.68. The summed E-state index contributed by atoms with van der Waals surface area (Å²) in [5, 5.41) is 12.2. The zero-order valence-corrected chi connectivity index (χ0v) is 11.9. The van der Waals surface area contributed by atoms with Gasteiger partial charge in [0, 0.05) is 16.8 Å². The lowest BCUT2D eigenvalue weighted by Crippen LogP contribution is -2.10. The van der Waals surface area contributed by atoms with Crippen LogP contribution in [-0.4, -0.2) is 22.0 Å². The fourth-order valence-corrected chi connectivity index (χ4v) is 1.90. The summed E-state index contributed by atoms with van der Waals surface area (Å²) >= 11 is 5.77. The molecule has 0 aliphatic heterocycles. The molecule has 0 aliphatic rings. The molecule has 0 saturated heterocycles. The van der Waals surface area contributed by atoms with Crippen LogP contribution in [0.1, 0.15) is 21.7 Å². The number of carboxylic acid groups (broad SMARTS) is 1. The van der Waals surface area contributed by atoms with Crippen LogP contribution in [0.4, 0.5) is 5.69 Å². The van der Waals surface area contributed by atoms with Crippen molar-refractivity contribution in [1.29, 1.82) is 0 Å². The Hall–Kier alpha value is -2.53. The van der Waals surface area contributed by atoms with Crippen molar-refractivity contribution in [3.8, 4) is 0 Å². The van der Waals surface area contributed by atoms with Crippen molar-refractivity contribution >= 4 is 35.2 Å². The molecular weight excluding hydrogens is 292 g/mol. The Kier molecular flexibility index (Phi) is 4.45. The first-order valence-electron chi connectivity index (χ1n) is 6.13. The van der Waals surface area contributed by atoms with E-state index >= 15 is 0 Å². The van der Waals surface area contributed by atoms with E-state index in [0.29, 0.717) is 10.7 Å². The maximum atomic E-state index is 11.8. The molecule has 0 unspecified atom stereocenters. The summed E-state index contributed by atoms with van der Waals surface area (Å²) in [6, 6.07) is 8.55. The smallest absolute Gasteiger partial charge is 0.354 e. The van der Waals surface area contributed by atoms with E-state index in [1.54, 1.807) is 43.3 Å². The molecular formula is C15H13ClN2O3. The molecule has 0 atom stereocenters. The Morgan fingerprint density at radius 3 is 2.57 bits per heavy atom. The lowest BCUT2D eigenvalue weighted by molar-refractivity contribution is -0.111. The Bertz CT molecular complexity index is 702. The first kappa shape index (κ1) is 14.9. The minimum absolute atomic E-state index is 0.0410. The highest BCUT2D eigenvalue weighted by Gasteiger charge is 2.14. The largest absolute Gasteiger partial charge is 0.477 e. The SMILES string of the molecule is Cc1cc(NC(=O)/C=C/c2ccc(Cl)cc2)c(C(=O)O)[nH]1. The van der Waals surface area contributed by atoms with Crippen LogP contribution < -0.4 is 5.32 Å². The first-order valence-corrected chi connectivity index (χ1v) is 6.51. The van der Waals surface area contributed by atoms with Gasteiger partial charge in [-0.15, -0.1) is 0 Å². The van der Waals surface area contributed by atoms with Gasteiger partial charge in [0.05, 0.1) is 5.69 Å². The Morgan fingerprint density at radius 1 is 1.29 bits per heavy atom. The van der Waals surface area contributed by atoms with Crippen molar-refractivity contribution < 1.29 is 14.7 Å². The number of carbonyl (C=O) groups is 2. The van der Waals surface area contributed by atoms with Crippen LogP contribution in [-0.2, 0) is 4.79 Å². The van der Waals surface area contributed by atoms with Crippen LogP contribution in [0, 0.1) is 6.92 Å². The van der Waals surface area contributed by atoms with Crippen LogP contribution >= 0.6 is 11.6 Å². The summed E-state index contributed by atoms with van der Waals surface area (Å²) in [5.74, 6) is -1.54. The summed E-state index contributed by atoms with van der Waals surface area (Å²) < 4.78 is 0. The number of carbonyl (C=O) groups excluding carboxylic acids is 1. The number of aromatic nitrogens is 1. The fourth-order valence-electron chi connectivity index (χ4n) is 1.78. The Balaban J connectivity index is 2.08. The molecule has 0 radical (unpaired) electrons. The summed E-state index contributed by atoms with van der Waals surface area (Å²) in [6.07, 6.45) is 2.95. The monoisotopic (exact) mass is 304 g/mol. The number of rotatable bonds is 4. The van der Waals surface area contributed by atoms with Crippen LogP contribution in [0.25, 0.3) is 6.08 Å². The molecule has 108 valence electrons. The van der Waals surface area contributed by atoms with Crippen LogP contribution in [0.2, 0.25) is 5.02 Å². The number of aryl methyl sites for hydroxylation is 1. The molecule has 5 nitrogen and oxygen atoms in total. The lowest BCUT2D eigenvalue weighted by Gasteiger charge is -2.00.